The number of carbonyl (C=O) groups is 2. The summed E-state index contributed by atoms with van der Waals surface area (Å²) in [5, 5.41) is 11.7. The van der Waals surface area contributed by atoms with Crippen LogP contribution in [-0.2, 0) is 16.0 Å². The molecule has 0 saturated carbocycles. The molecule has 0 spiro atoms. The number of nitrogens with one attached hydrogen (secondary N) is 2. The fourth-order valence-corrected chi connectivity index (χ4v) is 2.56. The zero-order chi connectivity index (χ0) is 19.3. The molecule has 2 rings (SSSR count). The van der Waals surface area contributed by atoms with E-state index in [1.165, 1.54) is 0 Å². The Morgan fingerprint density at radius 1 is 1.27 bits per heavy atom. The van der Waals surface area contributed by atoms with Gasteiger partial charge < -0.3 is 15.4 Å². The summed E-state index contributed by atoms with van der Waals surface area (Å²) in [5.74, 6) is -1.11. The predicted molar refractivity (Wildman–Crippen MR) is 95.6 cm³/mol. The number of rotatable bonds is 7. The van der Waals surface area contributed by atoms with Crippen molar-refractivity contribution in [3.63, 3.8) is 0 Å². The van der Waals surface area contributed by atoms with Crippen molar-refractivity contribution in [2.24, 2.45) is 5.92 Å². The Morgan fingerprint density at radius 2 is 1.92 bits per heavy atom. The van der Waals surface area contributed by atoms with Crippen LogP contribution in [0.5, 0.6) is 0 Å². The monoisotopic (exact) mass is 358 g/mol. The Morgan fingerprint density at radius 3 is 2.46 bits per heavy atom. The van der Waals surface area contributed by atoms with Crippen molar-refractivity contribution in [1.82, 2.24) is 20.3 Å². The van der Waals surface area contributed by atoms with Crippen molar-refractivity contribution >= 4 is 11.9 Å². The topological polar surface area (TPSA) is 125 Å². The molecule has 2 aromatic heterocycles. The molecular weight excluding hydrogens is 336 g/mol. The van der Waals surface area contributed by atoms with Crippen LogP contribution >= 0.6 is 0 Å². The SMILES string of the molecule is Cc1nc(-c2ccncc2)[nH]c(=O)c1CC(=O)NC(CC(C)C)C(=O)O. The fraction of sp³-hybridized carbons (Fsp3) is 0.389. The van der Waals surface area contributed by atoms with E-state index in [0.717, 1.165) is 0 Å². The van der Waals surface area contributed by atoms with Crippen molar-refractivity contribution in [3.05, 3.63) is 46.1 Å². The third-order valence-electron chi connectivity index (χ3n) is 3.85. The maximum Gasteiger partial charge on any atom is 0.326 e. The Labute approximate surface area is 150 Å². The maximum atomic E-state index is 12.4. The van der Waals surface area contributed by atoms with Crippen molar-refractivity contribution in [3.8, 4) is 11.4 Å². The van der Waals surface area contributed by atoms with Crippen LogP contribution < -0.4 is 10.9 Å². The number of nitrogens with zero attached hydrogens (tertiary/aromatic N) is 2. The number of hydrogen-bond donors (Lipinski definition) is 3. The molecule has 138 valence electrons. The maximum absolute atomic E-state index is 12.4. The summed E-state index contributed by atoms with van der Waals surface area (Å²) >= 11 is 0. The number of carboxylic acid groups (broad SMARTS) is 1. The van der Waals surface area contributed by atoms with E-state index in [1.54, 1.807) is 31.5 Å². The number of pyridine rings is 1. The molecule has 0 aliphatic rings. The fourth-order valence-electron chi connectivity index (χ4n) is 2.56. The molecule has 0 aromatic carbocycles. The van der Waals surface area contributed by atoms with Gasteiger partial charge in [-0.15, -0.1) is 0 Å². The van der Waals surface area contributed by atoms with E-state index in [-0.39, 0.29) is 17.9 Å². The van der Waals surface area contributed by atoms with E-state index in [4.69, 9.17) is 0 Å². The lowest BCUT2D eigenvalue weighted by atomic mass is 10.0. The van der Waals surface area contributed by atoms with E-state index in [2.05, 4.69) is 20.3 Å². The van der Waals surface area contributed by atoms with Gasteiger partial charge in [0.15, 0.2) is 0 Å². The van der Waals surface area contributed by atoms with Gasteiger partial charge in [-0.1, -0.05) is 13.8 Å². The summed E-state index contributed by atoms with van der Waals surface area (Å²) in [6.45, 7) is 5.39. The minimum atomic E-state index is -1.09. The van der Waals surface area contributed by atoms with Crippen molar-refractivity contribution in [2.45, 2.75) is 39.7 Å². The average Bonchev–Trinajstić information content (AvgIpc) is 2.57. The second kappa shape index (κ2) is 8.37. The minimum absolute atomic E-state index is 0.114. The van der Waals surface area contributed by atoms with E-state index in [0.29, 0.717) is 23.5 Å². The molecule has 3 N–H and O–H groups in total. The van der Waals surface area contributed by atoms with Crippen LogP contribution in [0.15, 0.2) is 29.3 Å². The minimum Gasteiger partial charge on any atom is -0.480 e. The number of amides is 1. The van der Waals surface area contributed by atoms with E-state index < -0.39 is 23.5 Å². The molecule has 0 fully saturated rings. The molecule has 2 heterocycles. The highest BCUT2D eigenvalue weighted by Crippen LogP contribution is 2.13. The largest absolute Gasteiger partial charge is 0.480 e. The third-order valence-corrected chi connectivity index (χ3v) is 3.85. The van der Waals surface area contributed by atoms with E-state index in [9.17, 15) is 19.5 Å². The van der Waals surface area contributed by atoms with Crippen LogP contribution in [-0.4, -0.2) is 38.0 Å². The van der Waals surface area contributed by atoms with Gasteiger partial charge in [0.05, 0.1) is 6.42 Å². The summed E-state index contributed by atoms with van der Waals surface area (Å²) in [4.78, 5) is 46.7. The van der Waals surface area contributed by atoms with Gasteiger partial charge in [0.25, 0.3) is 5.56 Å². The highest BCUT2D eigenvalue weighted by Gasteiger charge is 2.22. The van der Waals surface area contributed by atoms with Crippen LogP contribution in [0.4, 0.5) is 0 Å². The van der Waals surface area contributed by atoms with Gasteiger partial charge in [-0.2, -0.15) is 0 Å². The van der Waals surface area contributed by atoms with Gasteiger partial charge in [0.2, 0.25) is 5.91 Å². The number of H-pyrrole nitrogens is 1. The number of carbonyl (C=O) groups excluding carboxylic acids is 1. The first-order valence-electron chi connectivity index (χ1n) is 8.30. The molecule has 1 amide bonds. The zero-order valence-corrected chi connectivity index (χ0v) is 14.9. The molecular formula is C18H22N4O4. The average molecular weight is 358 g/mol. The molecule has 0 aliphatic carbocycles. The normalized spacial score (nSPS) is 12.0. The summed E-state index contributed by atoms with van der Waals surface area (Å²) in [6.07, 6.45) is 3.27. The molecule has 8 heteroatoms. The van der Waals surface area contributed by atoms with Gasteiger partial charge in [0, 0.05) is 29.2 Å². The van der Waals surface area contributed by atoms with Crippen molar-refractivity contribution in [2.75, 3.05) is 0 Å². The number of hydrogen-bond acceptors (Lipinski definition) is 5. The highest BCUT2D eigenvalue weighted by molar-refractivity contribution is 5.84. The summed E-state index contributed by atoms with van der Waals surface area (Å²) in [7, 11) is 0. The van der Waals surface area contributed by atoms with Crippen LogP contribution in [0, 0.1) is 12.8 Å². The standard InChI is InChI=1S/C18H22N4O4/c1-10(2)8-14(18(25)26)21-15(23)9-13-11(3)20-16(22-17(13)24)12-4-6-19-7-5-12/h4-7,10,14H,8-9H2,1-3H3,(H,21,23)(H,25,26)(H,20,22,24). The first-order valence-corrected chi connectivity index (χ1v) is 8.30. The van der Waals surface area contributed by atoms with Crippen LogP contribution in [0.3, 0.4) is 0 Å². The Bertz CT molecular complexity index is 846. The molecule has 1 unspecified atom stereocenters. The molecule has 0 radical (unpaired) electrons. The van der Waals surface area contributed by atoms with Gasteiger partial charge in [-0.3, -0.25) is 14.6 Å². The van der Waals surface area contributed by atoms with E-state index >= 15 is 0 Å². The second-order valence-corrected chi connectivity index (χ2v) is 6.48. The van der Waals surface area contributed by atoms with Gasteiger partial charge >= 0.3 is 5.97 Å². The van der Waals surface area contributed by atoms with Crippen LogP contribution in [0.1, 0.15) is 31.5 Å². The van der Waals surface area contributed by atoms with Crippen LogP contribution in [0.2, 0.25) is 0 Å². The van der Waals surface area contributed by atoms with Gasteiger partial charge in [-0.25, -0.2) is 9.78 Å². The first-order chi connectivity index (χ1) is 12.3. The van der Waals surface area contributed by atoms with Crippen LogP contribution in [0.25, 0.3) is 11.4 Å². The van der Waals surface area contributed by atoms with Gasteiger partial charge in [0.1, 0.15) is 11.9 Å². The lowest BCUT2D eigenvalue weighted by molar-refractivity contribution is -0.142. The Balaban J connectivity index is 2.18. The smallest absolute Gasteiger partial charge is 0.326 e. The number of aryl methyl sites for hydroxylation is 1. The molecule has 0 bridgehead atoms. The number of aliphatic carboxylic acids is 1. The number of aromatic nitrogens is 3. The predicted octanol–water partition coefficient (Wildman–Crippen LogP) is 1.30. The Hall–Kier alpha value is -3.03. The molecule has 0 aliphatic heterocycles. The lowest BCUT2D eigenvalue weighted by Crippen LogP contribution is -2.43. The third kappa shape index (κ3) is 4.98. The molecule has 2 aromatic rings. The summed E-state index contributed by atoms with van der Waals surface area (Å²) < 4.78 is 0. The quantitative estimate of drug-likeness (QED) is 0.685. The highest BCUT2D eigenvalue weighted by atomic mass is 16.4. The summed E-state index contributed by atoms with van der Waals surface area (Å²) in [6, 6.07) is 2.45. The Kier molecular flexibility index (Phi) is 6.21. The zero-order valence-electron chi connectivity index (χ0n) is 14.9. The summed E-state index contributed by atoms with van der Waals surface area (Å²) in [5.41, 5.74) is 0.926. The number of aromatic amines is 1. The van der Waals surface area contributed by atoms with Crippen molar-refractivity contribution in [1.29, 1.82) is 0 Å². The van der Waals surface area contributed by atoms with E-state index in [1.807, 2.05) is 13.8 Å². The number of carboxylic acids is 1. The first kappa shape index (κ1) is 19.3. The van der Waals surface area contributed by atoms with Gasteiger partial charge in [-0.05, 0) is 31.4 Å². The second-order valence-electron chi connectivity index (χ2n) is 6.48. The molecule has 1 atom stereocenters. The molecule has 8 nitrogen and oxygen atoms in total. The molecule has 0 saturated heterocycles. The van der Waals surface area contributed by atoms with Crippen molar-refractivity contribution < 1.29 is 14.7 Å². The lowest BCUT2D eigenvalue weighted by Gasteiger charge is -2.16. The molecule has 26 heavy (non-hydrogen) atoms.